The highest BCUT2D eigenvalue weighted by atomic mass is 35.5. The Hall–Kier alpha value is -0.540. The highest BCUT2D eigenvalue weighted by molar-refractivity contribution is 6.33. The van der Waals surface area contributed by atoms with E-state index in [0.717, 1.165) is 12.4 Å². The van der Waals surface area contributed by atoms with Crippen LogP contribution in [-0.2, 0) is 0 Å². The van der Waals surface area contributed by atoms with Crippen LogP contribution in [0, 0.1) is 0 Å². The summed E-state index contributed by atoms with van der Waals surface area (Å²) in [5, 5.41) is 0.842. The molecule has 2 rings (SSSR count). The van der Waals surface area contributed by atoms with E-state index in [1.54, 1.807) is 6.20 Å². The molecule has 0 spiro atoms. The van der Waals surface area contributed by atoms with E-state index in [1.165, 1.54) is 25.7 Å². The van der Waals surface area contributed by atoms with Gasteiger partial charge in [-0.2, -0.15) is 4.98 Å². The van der Waals surface area contributed by atoms with Crippen molar-refractivity contribution in [3.05, 3.63) is 16.5 Å². The van der Waals surface area contributed by atoms with Crippen molar-refractivity contribution in [1.29, 1.82) is 0 Å². The molecular weight excluding hydrogens is 245 g/mol. The second kappa shape index (κ2) is 5.19. The monoisotopic (exact) mass is 259 g/mol. The SMILES string of the molecule is CC1CCCCCN1c1nc(Cl)ncc1Cl. The van der Waals surface area contributed by atoms with Crippen molar-refractivity contribution in [2.24, 2.45) is 0 Å². The van der Waals surface area contributed by atoms with Gasteiger partial charge in [0.2, 0.25) is 5.28 Å². The molecule has 3 nitrogen and oxygen atoms in total. The van der Waals surface area contributed by atoms with Crippen LogP contribution in [-0.4, -0.2) is 22.6 Å². The lowest BCUT2D eigenvalue weighted by Gasteiger charge is -2.28. The molecule has 1 unspecified atom stereocenters. The van der Waals surface area contributed by atoms with Crippen molar-refractivity contribution in [2.75, 3.05) is 11.4 Å². The second-order valence-electron chi connectivity index (χ2n) is 4.20. The van der Waals surface area contributed by atoms with Gasteiger partial charge in [-0.05, 0) is 31.4 Å². The summed E-state index contributed by atoms with van der Waals surface area (Å²) in [6.07, 6.45) is 6.48. The van der Waals surface area contributed by atoms with E-state index in [9.17, 15) is 0 Å². The Bertz CT molecular complexity index is 370. The van der Waals surface area contributed by atoms with E-state index >= 15 is 0 Å². The van der Waals surface area contributed by atoms with Gasteiger partial charge in [-0.3, -0.25) is 0 Å². The van der Waals surface area contributed by atoms with Crippen LogP contribution in [0.25, 0.3) is 0 Å². The number of anilines is 1. The molecule has 88 valence electrons. The third-order valence-corrected chi connectivity index (χ3v) is 3.47. The van der Waals surface area contributed by atoms with Crippen LogP contribution in [0.2, 0.25) is 10.3 Å². The lowest BCUT2D eigenvalue weighted by atomic mass is 10.1. The van der Waals surface area contributed by atoms with Crippen molar-refractivity contribution >= 4 is 29.0 Å². The Labute approximate surface area is 106 Å². The first-order chi connectivity index (χ1) is 7.68. The predicted molar refractivity (Wildman–Crippen MR) is 67.3 cm³/mol. The number of hydrogen-bond acceptors (Lipinski definition) is 3. The molecule has 1 aromatic heterocycles. The van der Waals surface area contributed by atoms with E-state index in [4.69, 9.17) is 23.2 Å². The Balaban J connectivity index is 2.29. The number of aromatic nitrogens is 2. The molecule has 5 heteroatoms. The molecular formula is C11H15Cl2N3. The molecule has 2 heterocycles. The Morgan fingerprint density at radius 1 is 1.31 bits per heavy atom. The third kappa shape index (κ3) is 2.58. The number of rotatable bonds is 1. The molecule has 0 saturated carbocycles. The van der Waals surface area contributed by atoms with Gasteiger partial charge >= 0.3 is 0 Å². The van der Waals surface area contributed by atoms with Gasteiger partial charge in [0.1, 0.15) is 5.02 Å². The van der Waals surface area contributed by atoms with E-state index in [2.05, 4.69) is 21.8 Å². The summed E-state index contributed by atoms with van der Waals surface area (Å²) in [4.78, 5) is 10.4. The molecule has 0 aliphatic carbocycles. The zero-order chi connectivity index (χ0) is 11.5. The first kappa shape index (κ1) is 11.9. The molecule has 1 saturated heterocycles. The van der Waals surface area contributed by atoms with Crippen molar-refractivity contribution < 1.29 is 0 Å². The molecule has 0 amide bonds. The molecule has 1 aliphatic rings. The molecule has 0 N–H and O–H groups in total. The average molecular weight is 260 g/mol. The van der Waals surface area contributed by atoms with Crippen LogP contribution in [0.1, 0.15) is 32.6 Å². The van der Waals surface area contributed by atoms with E-state index < -0.39 is 0 Å². The summed E-state index contributed by atoms with van der Waals surface area (Å²) >= 11 is 11.9. The minimum Gasteiger partial charge on any atom is -0.353 e. The molecule has 16 heavy (non-hydrogen) atoms. The van der Waals surface area contributed by atoms with Crippen LogP contribution in [0.4, 0.5) is 5.82 Å². The van der Waals surface area contributed by atoms with Crippen LogP contribution in [0.15, 0.2) is 6.20 Å². The van der Waals surface area contributed by atoms with E-state index in [-0.39, 0.29) is 5.28 Å². The second-order valence-corrected chi connectivity index (χ2v) is 4.95. The van der Waals surface area contributed by atoms with Gasteiger partial charge < -0.3 is 4.90 Å². The highest BCUT2D eigenvalue weighted by Crippen LogP contribution is 2.28. The summed E-state index contributed by atoms with van der Waals surface area (Å²) in [6, 6.07) is 0.464. The fourth-order valence-electron chi connectivity index (χ4n) is 2.13. The standard InChI is InChI=1S/C11H15Cl2N3/c1-8-5-3-2-4-6-16(8)10-9(12)7-14-11(13)15-10/h7-8H,2-6H2,1H3. The Kier molecular flexibility index (Phi) is 3.87. The lowest BCUT2D eigenvalue weighted by Crippen LogP contribution is -2.33. The maximum absolute atomic E-state index is 6.12. The van der Waals surface area contributed by atoms with Crippen LogP contribution in [0.5, 0.6) is 0 Å². The Morgan fingerprint density at radius 2 is 2.12 bits per heavy atom. The molecule has 1 aromatic rings. The molecule has 1 aliphatic heterocycles. The molecule has 0 aromatic carbocycles. The van der Waals surface area contributed by atoms with Crippen molar-refractivity contribution in [3.8, 4) is 0 Å². The zero-order valence-corrected chi connectivity index (χ0v) is 10.8. The van der Waals surface area contributed by atoms with Crippen LogP contribution in [0.3, 0.4) is 0 Å². The maximum atomic E-state index is 6.12. The number of halogens is 2. The number of nitrogens with zero attached hydrogens (tertiary/aromatic N) is 3. The van der Waals surface area contributed by atoms with Crippen molar-refractivity contribution in [1.82, 2.24) is 9.97 Å². The average Bonchev–Trinajstić information content (AvgIpc) is 2.47. The summed E-state index contributed by atoms with van der Waals surface area (Å²) in [7, 11) is 0. The van der Waals surface area contributed by atoms with Gasteiger partial charge in [0.05, 0.1) is 6.20 Å². The topological polar surface area (TPSA) is 29.0 Å². The quantitative estimate of drug-likeness (QED) is 0.723. The number of hydrogen-bond donors (Lipinski definition) is 0. The van der Waals surface area contributed by atoms with Gasteiger partial charge in [-0.25, -0.2) is 4.98 Å². The maximum Gasteiger partial charge on any atom is 0.224 e. The van der Waals surface area contributed by atoms with Crippen LogP contribution >= 0.6 is 23.2 Å². The van der Waals surface area contributed by atoms with Crippen molar-refractivity contribution in [3.63, 3.8) is 0 Å². The van der Waals surface area contributed by atoms with Gasteiger partial charge in [0.15, 0.2) is 5.82 Å². The van der Waals surface area contributed by atoms with Gasteiger partial charge in [-0.1, -0.05) is 24.4 Å². The molecule has 0 radical (unpaired) electrons. The van der Waals surface area contributed by atoms with E-state index in [1.807, 2.05) is 0 Å². The summed E-state index contributed by atoms with van der Waals surface area (Å²) in [5.74, 6) is 0.774. The smallest absolute Gasteiger partial charge is 0.224 e. The van der Waals surface area contributed by atoms with Gasteiger partial charge in [0, 0.05) is 12.6 Å². The zero-order valence-electron chi connectivity index (χ0n) is 9.29. The van der Waals surface area contributed by atoms with Gasteiger partial charge in [-0.15, -0.1) is 0 Å². The summed E-state index contributed by atoms with van der Waals surface area (Å²) in [6.45, 7) is 3.20. The summed E-state index contributed by atoms with van der Waals surface area (Å²) < 4.78 is 0. The lowest BCUT2D eigenvalue weighted by molar-refractivity contribution is 0.611. The fourth-order valence-corrected chi connectivity index (χ4v) is 2.46. The predicted octanol–water partition coefficient (Wildman–Crippen LogP) is 3.55. The molecule has 1 fully saturated rings. The molecule has 1 atom stereocenters. The van der Waals surface area contributed by atoms with Gasteiger partial charge in [0.25, 0.3) is 0 Å². The summed E-state index contributed by atoms with van der Waals surface area (Å²) in [5.41, 5.74) is 0. The van der Waals surface area contributed by atoms with Crippen molar-refractivity contribution in [2.45, 2.75) is 38.6 Å². The minimum atomic E-state index is 0.260. The normalized spacial score (nSPS) is 21.9. The largest absolute Gasteiger partial charge is 0.353 e. The first-order valence-corrected chi connectivity index (χ1v) is 6.39. The molecule has 0 bridgehead atoms. The van der Waals surface area contributed by atoms with Crippen LogP contribution < -0.4 is 4.90 Å². The third-order valence-electron chi connectivity index (χ3n) is 3.02. The first-order valence-electron chi connectivity index (χ1n) is 5.63. The minimum absolute atomic E-state index is 0.260. The highest BCUT2D eigenvalue weighted by Gasteiger charge is 2.21. The van der Waals surface area contributed by atoms with E-state index in [0.29, 0.717) is 11.1 Å². The fraction of sp³-hybridized carbons (Fsp3) is 0.636. The Morgan fingerprint density at radius 3 is 2.94 bits per heavy atom.